The van der Waals surface area contributed by atoms with Gasteiger partial charge in [-0.3, -0.25) is 4.98 Å². The Morgan fingerprint density at radius 2 is 1.96 bits per heavy atom. The molecule has 1 aliphatic heterocycles. The van der Waals surface area contributed by atoms with Gasteiger partial charge in [0.15, 0.2) is 11.6 Å². The molecule has 0 unspecified atom stereocenters. The molecule has 0 radical (unpaired) electrons. The summed E-state index contributed by atoms with van der Waals surface area (Å²) >= 11 is 0. The number of hydrogen-bond acceptors (Lipinski definition) is 8. The lowest BCUT2D eigenvalue weighted by Gasteiger charge is -2.28. The second kappa shape index (κ2) is 7.45. The van der Waals surface area contributed by atoms with E-state index < -0.39 is 16.1 Å². The van der Waals surface area contributed by atoms with Crippen molar-refractivity contribution >= 4 is 32.8 Å². The quantitative estimate of drug-likeness (QED) is 0.575. The zero-order valence-corrected chi connectivity index (χ0v) is 15.6. The predicted molar refractivity (Wildman–Crippen MR) is 97.0 cm³/mol. The van der Waals surface area contributed by atoms with Crippen LogP contribution < -0.4 is 9.08 Å². The number of aromatic nitrogens is 2. The van der Waals surface area contributed by atoms with Crippen molar-refractivity contribution in [3.63, 3.8) is 0 Å². The summed E-state index contributed by atoms with van der Waals surface area (Å²) in [6.45, 7) is 3.54. The molecule has 2 aromatic heterocycles. The maximum atomic E-state index is 12.2. The number of nitrogens with zero attached hydrogens (tertiary/aromatic N) is 3. The molecule has 9 heteroatoms. The molecule has 3 heterocycles. The average Bonchev–Trinajstić information content (AvgIpc) is 2.61. The highest BCUT2D eigenvalue weighted by Crippen LogP contribution is 2.34. The lowest BCUT2D eigenvalue weighted by Crippen LogP contribution is -2.30. The average molecular weight is 379 g/mol. The van der Waals surface area contributed by atoms with Crippen LogP contribution in [0.25, 0.3) is 10.9 Å². The number of pyridine rings is 2. The summed E-state index contributed by atoms with van der Waals surface area (Å²) in [5.74, 6) is -0.0931. The van der Waals surface area contributed by atoms with Gasteiger partial charge in [0.1, 0.15) is 11.1 Å². The zero-order valence-electron chi connectivity index (χ0n) is 14.8. The van der Waals surface area contributed by atoms with E-state index in [1.54, 1.807) is 19.2 Å². The molecule has 0 N–H and O–H groups in total. The van der Waals surface area contributed by atoms with E-state index in [1.165, 1.54) is 12.6 Å². The number of ether oxygens (including phenoxy) is 1. The van der Waals surface area contributed by atoms with E-state index in [2.05, 4.69) is 14.9 Å². The van der Waals surface area contributed by atoms with Crippen LogP contribution in [0.2, 0.25) is 0 Å². The Labute approximate surface area is 152 Å². The number of piperidine rings is 1. The fraction of sp³-hybridized carbons (Fsp3) is 0.471. The lowest BCUT2D eigenvalue weighted by atomic mass is 10.1. The number of fused-ring (bicyclic) bond motifs is 1. The predicted octanol–water partition coefficient (Wildman–Crippen LogP) is 2.14. The van der Waals surface area contributed by atoms with Gasteiger partial charge in [0.2, 0.25) is 0 Å². The fourth-order valence-corrected chi connectivity index (χ4v) is 3.50. The first kappa shape index (κ1) is 18.4. The Kier molecular flexibility index (Phi) is 5.26. The summed E-state index contributed by atoms with van der Waals surface area (Å²) < 4.78 is 33.6. The highest BCUT2D eigenvalue weighted by molar-refractivity contribution is 7.86. The van der Waals surface area contributed by atoms with Crippen molar-refractivity contribution in [1.29, 1.82) is 0 Å². The highest BCUT2D eigenvalue weighted by Gasteiger charge is 2.24. The van der Waals surface area contributed by atoms with Gasteiger partial charge in [0.05, 0.1) is 18.2 Å². The first-order valence-corrected chi connectivity index (χ1v) is 10.3. The number of carbonyl (C=O) groups is 1. The van der Waals surface area contributed by atoms with Gasteiger partial charge in [-0.05, 0) is 32.3 Å². The van der Waals surface area contributed by atoms with Gasteiger partial charge in [0.25, 0.3) is 0 Å². The lowest BCUT2D eigenvalue weighted by molar-refractivity contribution is 0.0524. The van der Waals surface area contributed by atoms with Crippen molar-refractivity contribution in [3.05, 3.63) is 24.0 Å². The van der Waals surface area contributed by atoms with Crippen molar-refractivity contribution in [3.8, 4) is 5.75 Å². The maximum Gasteiger partial charge on any atom is 0.343 e. The van der Waals surface area contributed by atoms with Crippen LogP contribution in [0.5, 0.6) is 5.75 Å². The maximum absolute atomic E-state index is 12.2. The van der Waals surface area contributed by atoms with Gasteiger partial charge in [-0.15, -0.1) is 0 Å². The molecular formula is C17H21N3O5S. The molecule has 0 bridgehead atoms. The summed E-state index contributed by atoms with van der Waals surface area (Å²) in [5.41, 5.74) is 0.474. The Morgan fingerprint density at radius 3 is 2.62 bits per heavy atom. The van der Waals surface area contributed by atoms with Gasteiger partial charge >= 0.3 is 16.1 Å². The summed E-state index contributed by atoms with van der Waals surface area (Å²) in [7, 11) is -3.85. The second-order valence-corrected chi connectivity index (χ2v) is 7.66. The van der Waals surface area contributed by atoms with Crippen LogP contribution in [0.1, 0.15) is 36.5 Å². The molecule has 140 valence electrons. The van der Waals surface area contributed by atoms with Crippen LogP contribution in [0, 0.1) is 0 Å². The third-order valence-corrected chi connectivity index (χ3v) is 4.57. The van der Waals surface area contributed by atoms with Crippen molar-refractivity contribution in [2.75, 3.05) is 30.9 Å². The van der Waals surface area contributed by atoms with E-state index in [0.29, 0.717) is 16.7 Å². The van der Waals surface area contributed by atoms with Crippen molar-refractivity contribution in [1.82, 2.24) is 9.97 Å². The molecule has 0 aromatic carbocycles. The van der Waals surface area contributed by atoms with Crippen LogP contribution in [-0.2, 0) is 14.9 Å². The van der Waals surface area contributed by atoms with Crippen LogP contribution >= 0.6 is 0 Å². The Bertz CT molecular complexity index is 923. The third kappa shape index (κ3) is 3.87. The SMILES string of the molecule is CCOC(=O)c1cnc2c(N3CCCCC3)nccc2c1OS(C)(=O)=O. The topological polar surface area (TPSA) is 98.7 Å². The highest BCUT2D eigenvalue weighted by atomic mass is 32.2. The number of esters is 1. The summed E-state index contributed by atoms with van der Waals surface area (Å²) in [4.78, 5) is 23.1. The molecule has 1 saturated heterocycles. The van der Waals surface area contributed by atoms with Crippen molar-refractivity contribution < 1.29 is 22.1 Å². The van der Waals surface area contributed by atoms with E-state index in [0.717, 1.165) is 32.2 Å². The summed E-state index contributed by atoms with van der Waals surface area (Å²) in [5, 5.41) is 0.413. The number of hydrogen-bond donors (Lipinski definition) is 0. The molecular weight excluding hydrogens is 358 g/mol. The largest absolute Gasteiger partial charge is 0.462 e. The van der Waals surface area contributed by atoms with E-state index in [-0.39, 0.29) is 17.9 Å². The van der Waals surface area contributed by atoms with E-state index in [4.69, 9.17) is 8.92 Å². The van der Waals surface area contributed by atoms with E-state index >= 15 is 0 Å². The first-order valence-electron chi connectivity index (χ1n) is 8.50. The summed E-state index contributed by atoms with van der Waals surface area (Å²) in [6, 6.07) is 1.60. The van der Waals surface area contributed by atoms with Crippen molar-refractivity contribution in [2.24, 2.45) is 0 Å². The smallest absolute Gasteiger partial charge is 0.343 e. The normalized spacial score (nSPS) is 15.1. The van der Waals surface area contributed by atoms with E-state index in [9.17, 15) is 13.2 Å². The summed E-state index contributed by atoms with van der Waals surface area (Å²) in [6.07, 6.45) is 7.08. The van der Waals surface area contributed by atoms with Crippen molar-refractivity contribution in [2.45, 2.75) is 26.2 Å². The Balaban J connectivity index is 2.18. The molecule has 0 spiro atoms. The van der Waals surface area contributed by atoms with Crippen LogP contribution in [-0.4, -0.2) is 50.3 Å². The third-order valence-electron chi connectivity index (χ3n) is 4.10. The Hall–Kier alpha value is -2.42. The molecule has 0 aliphatic carbocycles. The number of carbonyl (C=O) groups excluding carboxylic acids is 1. The molecule has 0 saturated carbocycles. The number of rotatable bonds is 5. The molecule has 1 aliphatic rings. The van der Waals surface area contributed by atoms with Gasteiger partial charge in [-0.2, -0.15) is 8.42 Å². The molecule has 0 amide bonds. The minimum absolute atomic E-state index is 0.0273. The molecule has 2 aromatic rings. The number of anilines is 1. The zero-order chi connectivity index (χ0) is 18.7. The minimum Gasteiger partial charge on any atom is -0.462 e. The second-order valence-electron chi connectivity index (χ2n) is 6.09. The van der Waals surface area contributed by atoms with Gasteiger partial charge in [-0.25, -0.2) is 9.78 Å². The first-order chi connectivity index (χ1) is 12.4. The fourth-order valence-electron chi connectivity index (χ4n) is 3.02. The Morgan fingerprint density at radius 1 is 1.23 bits per heavy atom. The minimum atomic E-state index is -3.85. The van der Waals surface area contributed by atoms with E-state index in [1.807, 2.05) is 0 Å². The van der Waals surface area contributed by atoms with Crippen LogP contribution in [0.3, 0.4) is 0 Å². The standard InChI is InChI=1S/C17H21N3O5S/c1-3-24-17(21)13-11-19-14-12(15(13)25-26(2,22)23)7-8-18-16(14)20-9-5-4-6-10-20/h7-8,11H,3-6,9-10H2,1-2H3. The molecule has 1 fully saturated rings. The van der Waals surface area contributed by atoms with Crippen LogP contribution in [0.15, 0.2) is 18.5 Å². The molecule has 0 atom stereocenters. The molecule has 3 rings (SSSR count). The molecule has 26 heavy (non-hydrogen) atoms. The van der Waals surface area contributed by atoms with Gasteiger partial charge in [-0.1, -0.05) is 0 Å². The van der Waals surface area contributed by atoms with Gasteiger partial charge in [0, 0.05) is 25.5 Å². The molecule has 8 nitrogen and oxygen atoms in total. The monoisotopic (exact) mass is 379 g/mol. The van der Waals surface area contributed by atoms with Crippen LogP contribution in [0.4, 0.5) is 5.82 Å². The van der Waals surface area contributed by atoms with Gasteiger partial charge < -0.3 is 13.8 Å².